The molecular weight excluding hydrogens is 569 g/mol. The standard InChI is InChI=1S/C37H48N2O2S2/c1-9-12-19-31(41-30-23-22-26(36(5,6)10-2)24-27(30)37(7,8)11-3)34(40)38-28-17-13-15-20-32(28)42-25(4)35-39-29-18-14-16-21-33(29)43-35/h13-18,20-25,31H,9-12,19H2,1-8H3,(H,38,40). The summed E-state index contributed by atoms with van der Waals surface area (Å²) in [5, 5.41) is 4.46. The molecule has 3 aromatic carbocycles. The lowest BCUT2D eigenvalue weighted by Crippen LogP contribution is -2.34. The molecule has 6 heteroatoms. The number of amides is 1. The molecule has 0 aliphatic heterocycles. The zero-order chi connectivity index (χ0) is 31.2. The SMILES string of the molecule is CCCCC(Oc1ccc(C(C)(C)CC)cc1C(C)(C)CC)C(=O)Nc1ccccc1SC(C)c1nc2ccccc2s1. The van der Waals surface area contributed by atoms with Crippen LogP contribution in [-0.2, 0) is 15.6 Å². The first-order chi connectivity index (χ1) is 20.5. The second-order valence-corrected chi connectivity index (χ2v) is 15.1. The minimum Gasteiger partial charge on any atom is -0.480 e. The molecule has 0 saturated carbocycles. The number of nitrogens with one attached hydrogen (secondary N) is 1. The Kier molecular flexibility index (Phi) is 11.0. The Balaban J connectivity index is 1.58. The van der Waals surface area contributed by atoms with Crippen molar-refractivity contribution in [3.8, 4) is 5.75 Å². The molecule has 0 aliphatic rings. The highest BCUT2D eigenvalue weighted by atomic mass is 32.2. The Morgan fingerprint density at radius 1 is 0.953 bits per heavy atom. The molecule has 1 N–H and O–H groups in total. The van der Waals surface area contributed by atoms with Gasteiger partial charge in [0.25, 0.3) is 5.91 Å². The van der Waals surface area contributed by atoms with Gasteiger partial charge in [0, 0.05) is 10.5 Å². The van der Waals surface area contributed by atoms with E-state index in [2.05, 4.69) is 103 Å². The number of anilines is 1. The first-order valence-corrected chi connectivity index (χ1v) is 17.4. The molecule has 0 fully saturated rings. The molecule has 4 nitrogen and oxygen atoms in total. The van der Waals surface area contributed by atoms with Crippen LogP contribution in [0.15, 0.2) is 71.6 Å². The highest BCUT2D eigenvalue weighted by Gasteiger charge is 2.29. The maximum atomic E-state index is 13.9. The van der Waals surface area contributed by atoms with Gasteiger partial charge in [0.2, 0.25) is 0 Å². The quantitative estimate of drug-likeness (QED) is 0.143. The van der Waals surface area contributed by atoms with Crippen molar-refractivity contribution in [1.82, 2.24) is 4.98 Å². The van der Waals surface area contributed by atoms with Gasteiger partial charge in [0.1, 0.15) is 10.8 Å². The van der Waals surface area contributed by atoms with Crippen LogP contribution in [0.2, 0.25) is 0 Å². The molecule has 4 aromatic rings. The van der Waals surface area contributed by atoms with E-state index in [1.807, 2.05) is 24.3 Å². The molecule has 43 heavy (non-hydrogen) atoms. The molecule has 0 radical (unpaired) electrons. The molecule has 0 bridgehead atoms. The summed E-state index contributed by atoms with van der Waals surface area (Å²) >= 11 is 3.45. The highest BCUT2D eigenvalue weighted by molar-refractivity contribution is 7.99. The van der Waals surface area contributed by atoms with Crippen molar-refractivity contribution >= 4 is 44.9 Å². The van der Waals surface area contributed by atoms with Crippen molar-refractivity contribution in [2.24, 2.45) is 0 Å². The number of benzene rings is 3. The second kappa shape index (κ2) is 14.3. The monoisotopic (exact) mass is 616 g/mol. The van der Waals surface area contributed by atoms with Gasteiger partial charge in [0.05, 0.1) is 21.2 Å². The van der Waals surface area contributed by atoms with E-state index >= 15 is 0 Å². The van der Waals surface area contributed by atoms with E-state index in [1.165, 1.54) is 15.8 Å². The van der Waals surface area contributed by atoms with Gasteiger partial charge in [0.15, 0.2) is 6.10 Å². The van der Waals surface area contributed by atoms with Gasteiger partial charge in [-0.3, -0.25) is 4.79 Å². The van der Waals surface area contributed by atoms with E-state index in [4.69, 9.17) is 9.72 Å². The molecule has 2 unspecified atom stereocenters. The number of fused-ring (bicyclic) bond motifs is 1. The van der Waals surface area contributed by atoms with Crippen LogP contribution in [-0.4, -0.2) is 17.0 Å². The minimum atomic E-state index is -0.587. The number of hydrogen-bond donors (Lipinski definition) is 1. The van der Waals surface area contributed by atoms with Gasteiger partial charge in [-0.15, -0.1) is 23.1 Å². The summed E-state index contributed by atoms with van der Waals surface area (Å²) in [7, 11) is 0. The lowest BCUT2D eigenvalue weighted by atomic mass is 9.76. The zero-order valence-corrected chi connectivity index (χ0v) is 28.8. The van der Waals surface area contributed by atoms with Gasteiger partial charge in [-0.05, 0) is 79.3 Å². The summed E-state index contributed by atoms with van der Waals surface area (Å²) in [5.41, 5.74) is 4.31. The summed E-state index contributed by atoms with van der Waals surface area (Å²) < 4.78 is 7.86. The van der Waals surface area contributed by atoms with Crippen molar-refractivity contribution in [3.05, 3.63) is 82.9 Å². The molecule has 0 spiro atoms. The maximum absolute atomic E-state index is 13.9. The van der Waals surface area contributed by atoms with E-state index in [0.29, 0.717) is 6.42 Å². The van der Waals surface area contributed by atoms with Crippen molar-refractivity contribution in [3.63, 3.8) is 0 Å². The number of carbonyl (C=O) groups excluding carboxylic acids is 1. The van der Waals surface area contributed by atoms with Crippen LogP contribution in [0, 0.1) is 0 Å². The van der Waals surface area contributed by atoms with Crippen LogP contribution in [0.4, 0.5) is 5.69 Å². The number of ether oxygens (including phenoxy) is 1. The molecule has 0 aliphatic carbocycles. The van der Waals surface area contributed by atoms with E-state index in [1.54, 1.807) is 23.1 Å². The van der Waals surface area contributed by atoms with Crippen LogP contribution >= 0.6 is 23.1 Å². The number of thioether (sulfide) groups is 1. The van der Waals surface area contributed by atoms with Crippen molar-refractivity contribution in [2.45, 2.75) is 115 Å². The van der Waals surface area contributed by atoms with Crippen LogP contribution in [0.25, 0.3) is 10.2 Å². The van der Waals surface area contributed by atoms with E-state index in [0.717, 1.165) is 52.5 Å². The van der Waals surface area contributed by atoms with Crippen LogP contribution < -0.4 is 10.1 Å². The Bertz CT molecular complexity index is 1490. The van der Waals surface area contributed by atoms with Gasteiger partial charge < -0.3 is 10.1 Å². The van der Waals surface area contributed by atoms with E-state index < -0.39 is 6.10 Å². The molecular formula is C37H48N2O2S2. The Morgan fingerprint density at radius 2 is 1.65 bits per heavy atom. The summed E-state index contributed by atoms with van der Waals surface area (Å²) in [4.78, 5) is 19.8. The molecule has 1 heterocycles. The summed E-state index contributed by atoms with van der Waals surface area (Å²) in [5.74, 6) is 0.707. The fourth-order valence-corrected chi connectivity index (χ4v) is 7.08. The predicted octanol–water partition coefficient (Wildman–Crippen LogP) is 11.1. The number of rotatable bonds is 14. The topological polar surface area (TPSA) is 51.2 Å². The molecule has 4 rings (SSSR count). The Labute approximate surface area is 267 Å². The largest absolute Gasteiger partial charge is 0.480 e. The summed E-state index contributed by atoms with van der Waals surface area (Å²) in [6.07, 6.45) is 4.01. The number of hydrogen-bond acceptors (Lipinski definition) is 5. The smallest absolute Gasteiger partial charge is 0.265 e. The lowest BCUT2D eigenvalue weighted by molar-refractivity contribution is -0.123. The minimum absolute atomic E-state index is 0.0694. The first kappa shape index (κ1) is 33.1. The average molecular weight is 617 g/mol. The van der Waals surface area contributed by atoms with E-state index in [-0.39, 0.29) is 22.0 Å². The van der Waals surface area contributed by atoms with Crippen molar-refractivity contribution in [1.29, 1.82) is 0 Å². The first-order valence-electron chi connectivity index (χ1n) is 15.7. The molecule has 2 atom stereocenters. The Hall–Kier alpha value is -2.83. The number of thiazole rings is 1. The third kappa shape index (κ3) is 8.02. The summed E-state index contributed by atoms with van der Waals surface area (Å²) in [6, 6.07) is 22.9. The summed E-state index contributed by atoms with van der Waals surface area (Å²) in [6.45, 7) is 17.9. The lowest BCUT2D eigenvalue weighted by Gasteiger charge is -2.31. The van der Waals surface area contributed by atoms with Crippen molar-refractivity contribution in [2.75, 3.05) is 5.32 Å². The number of aromatic nitrogens is 1. The fraction of sp³-hybridized carbons (Fsp3) is 0.459. The molecule has 0 saturated heterocycles. The molecule has 1 aromatic heterocycles. The third-order valence-electron chi connectivity index (χ3n) is 8.75. The highest BCUT2D eigenvalue weighted by Crippen LogP contribution is 2.42. The third-order valence-corrected chi connectivity index (χ3v) is 11.3. The van der Waals surface area contributed by atoms with Crippen LogP contribution in [0.3, 0.4) is 0 Å². The maximum Gasteiger partial charge on any atom is 0.265 e. The van der Waals surface area contributed by atoms with Crippen LogP contribution in [0.1, 0.15) is 109 Å². The number of unbranched alkanes of at least 4 members (excludes halogenated alkanes) is 1. The van der Waals surface area contributed by atoms with Gasteiger partial charge in [-0.25, -0.2) is 4.98 Å². The average Bonchev–Trinajstić information content (AvgIpc) is 3.45. The normalized spacial score (nSPS) is 13.6. The Morgan fingerprint density at radius 3 is 2.35 bits per heavy atom. The van der Waals surface area contributed by atoms with Gasteiger partial charge in [-0.1, -0.05) is 91.3 Å². The van der Waals surface area contributed by atoms with Gasteiger partial charge in [-0.2, -0.15) is 0 Å². The zero-order valence-electron chi connectivity index (χ0n) is 27.1. The number of carbonyl (C=O) groups is 1. The second-order valence-electron chi connectivity index (χ2n) is 12.7. The number of para-hydroxylation sites is 2. The molecule has 230 valence electrons. The van der Waals surface area contributed by atoms with Crippen molar-refractivity contribution < 1.29 is 9.53 Å². The van der Waals surface area contributed by atoms with E-state index in [9.17, 15) is 4.79 Å². The fourth-order valence-electron chi connectivity index (χ4n) is 4.95. The van der Waals surface area contributed by atoms with Gasteiger partial charge >= 0.3 is 0 Å². The molecule has 1 amide bonds. The predicted molar refractivity (Wildman–Crippen MR) is 186 cm³/mol. The number of nitrogens with zero attached hydrogens (tertiary/aromatic N) is 1. The van der Waals surface area contributed by atoms with Crippen LogP contribution in [0.5, 0.6) is 5.75 Å².